The molecule has 10 heteroatoms. The molecule has 1 aromatic rings. The Morgan fingerprint density at radius 1 is 1.25 bits per heavy atom. The molecule has 2 N–H and O–H groups in total. The van der Waals surface area contributed by atoms with E-state index in [4.69, 9.17) is 4.74 Å². The van der Waals surface area contributed by atoms with E-state index in [0.717, 1.165) is 4.90 Å². The van der Waals surface area contributed by atoms with Crippen LogP contribution in [0.3, 0.4) is 0 Å². The molecule has 0 aliphatic carbocycles. The third kappa shape index (κ3) is 4.77. The molecule has 9 nitrogen and oxygen atoms in total. The van der Waals surface area contributed by atoms with Crippen LogP contribution in [0.5, 0.6) is 0 Å². The van der Waals surface area contributed by atoms with Crippen molar-refractivity contribution < 1.29 is 27.5 Å². The van der Waals surface area contributed by atoms with Crippen molar-refractivity contribution in [3.63, 3.8) is 0 Å². The molecule has 1 aromatic carbocycles. The highest BCUT2D eigenvalue weighted by atomic mass is 32.2. The maximum Gasteiger partial charge on any atom is 0.324 e. The fourth-order valence-corrected chi connectivity index (χ4v) is 3.03. The molecule has 0 unspecified atom stereocenters. The van der Waals surface area contributed by atoms with Crippen molar-refractivity contribution in [1.29, 1.82) is 0 Å². The number of carbonyl (C=O) groups excluding carboxylic acids is 3. The molecule has 0 spiro atoms. The number of nitrogens with one attached hydrogen (secondary N) is 2. The van der Waals surface area contributed by atoms with E-state index in [1.165, 1.54) is 12.1 Å². The van der Waals surface area contributed by atoms with Gasteiger partial charge < -0.3 is 10.1 Å². The van der Waals surface area contributed by atoms with Crippen LogP contribution in [-0.2, 0) is 24.3 Å². The predicted octanol–water partition coefficient (Wildman–Crippen LogP) is -0.550. The summed E-state index contributed by atoms with van der Waals surface area (Å²) < 4.78 is 30.9. The highest BCUT2D eigenvalue weighted by Gasteiger charge is 2.26. The molecule has 1 aliphatic rings. The minimum Gasteiger partial charge on any atom is -0.456 e. The zero-order valence-corrected chi connectivity index (χ0v) is 13.5. The zero-order valence-electron chi connectivity index (χ0n) is 12.7. The Morgan fingerprint density at radius 2 is 1.96 bits per heavy atom. The van der Waals surface area contributed by atoms with Gasteiger partial charge in [-0.15, -0.1) is 0 Å². The summed E-state index contributed by atoms with van der Waals surface area (Å²) >= 11 is 0. The molecular weight excluding hydrogens is 338 g/mol. The van der Waals surface area contributed by atoms with Crippen LogP contribution in [0, 0.1) is 0 Å². The molecule has 0 bridgehead atoms. The Kier molecular flexibility index (Phi) is 5.88. The van der Waals surface area contributed by atoms with Crippen LogP contribution in [0.15, 0.2) is 35.2 Å². The van der Waals surface area contributed by atoms with Crippen molar-refractivity contribution in [3.8, 4) is 0 Å². The lowest BCUT2D eigenvalue weighted by molar-refractivity contribution is -0.150. The van der Waals surface area contributed by atoms with Gasteiger partial charge in [-0.25, -0.2) is 17.9 Å². The minimum atomic E-state index is -3.69. The number of esters is 1. The Morgan fingerprint density at radius 3 is 2.58 bits per heavy atom. The number of imide groups is 1. The molecule has 0 aromatic heterocycles. The third-order valence-corrected chi connectivity index (χ3v) is 4.67. The van der Waals surface area contributed by atoms with Crippen molar-refractivity contribution in [2.45, 2.75) is 11.3 Å². The van der Waals surface area contributed by atoms with Gasteiger partial charge in [0, 0.05) is 19.6 Å². The van der Waals surface area contributed by atoms with Crippen molar-refractivity contribution in [2.75, 3.05) is 26.2 Å². The van der Waals surface area contributed by atoms with E-state index in [1.807, 2.05) is 0 Å². The van der Waals surface area contributed by atoms with Gasteiger partial charge >= 0.3 is 12.0 Å². The molecule has 3 amide bonds. The number of sulfonamides is 1. The average Bonchev–Trinajstić information content (AvgIpc) is 2.99. The number of hydrogen-bond acceptors (Lipinski definition) is 6. The van der Waals surface area contributed by atoms with E-state index < -0.39 is 34.5 Å². The lowest BCUT2D eigenvalue weighted by Crippen LogP contribution is -2.37. The minimum absolute atomic E-state index is 0.0913. The Balaban J connectivity index is 1.72. The van der Waals surface area contributed by atoms with E-state index >= 15 is 0 Å². The van der Waals surface area contributed by atoms with Gasteiger partial charge in [-0.2, -0.15) is 0 Å². The van der Waals surface area contributed by atoms with Gasteiger partial charge in [0.15, 0.2) is 6.61 Å². The molecule has 1 fully saturated rings. The number of carbonyl (C=O) groups is 3. The maximum atomic E-state index is 11.9. The zero-order chi connectivity index (χ0) is 17.6. The first-order valence-corrected chi connectivity index (χ1v) is 8.67. The molecule has 2 rings (SSSR count). The molecule has 1 aliphatic heterocycles. The highest BCUT2D eigenvalue weighted by molar-refractivity contribution is 7.89. The molecular formula is C14H17N3O6S. The fourth-order valence-electron chi connectivity index (χ4n) is 1.97. The predicted molar refractivity (Wildman–Crippen MR) is 82.3 cm³/mol. The summed E-state index contributed by atoms with van der Waals surface area (Å²) in [6, 6.07) is 7.20. The lowest BCUT2D eigenvalue weighted by atomic mass is 10.4. The Labute approximate surface area is 139 Å². The van der Waals surface area contributed by atoms with Crippen LogP contribution < -0.4 is 10.0 Å². The van der Waals surface area contributed by atoms with Gasteiger partial charge in [0.05, 0.1) is 11.3 Å². The summed E-state index contributed by atoms with van der Waals surface area (Å²) in [6.07, 6.45) is -0.231. The quantitative estimate of drug-likeness (QED) is 0.633. The normalized spacial score (nSPS) is 14.3. The van der Waals surface area contributed by atoms with E-state index in [-0.39, 0.29) is 24.4 Å². The van der Waals surface area contributed by atoms with Crippen LogP contribution >= 0.6 is 0 Å². The fraction of sp³-hybridized carbons (Fsp3) is 0.357. The van der Waals surface area contributed by atoms with Gasteiger partial charge in [0.25, 0.3) is 5.91 Å². The number of nitrogens with zero attached hydrogens (tertiary/aromatic N) is 1. The van der Waals surface area contributed by atoms with Crippen molar-refractivity contribution >= 4 is 27.9 Å². The van der Waals surface area contributed by atoms with Crippen LogP contribution in [0.25, 0.3) is 0 Å². The van der Waals surface area contributed by atoms with Crippen LogP contribution in [0.1, 0.15) is 6.42 Å². The van der Waals surface area contributed by atoms with Gasteiger partial charge in [-0.3, -0.25) is 14.5 Å². The number of rotatable bonds is 7. The van der Waals surface area contributed by atoms with Crippen molar-refractivity contribution in [2.24, 2.45) is 0 Å². The van der Waals surface area contributed by atoms with Crippen molar-refractivity contribution in [3.05, 3.63) is 30.3 Å². The average molecular weight is 355 g/mol. The monoisotopic (exact) mass is 355 g/mol. The van der Waals surface area contributed by atoms with E-state index in [2.05, 4.69) is 10.0 Å². The second-order valence-electron chi connectivity index (χ2n) is 4.90. The number of benzene rings is 1. The molecule has 24 heavy (non-hydrogen) atoms. The lowest BCUT2D eigenvalue weighted by Gasteiger charge is -2.12. The van der Waals surface area contributed by atoms with Gasteiger partial charge in [0.1, 0.15) is 0 Å². The first-order valence-electron chi connectivity index (χ1n) is 7.19. The molecule has 0 radical (unpaired) electrons. The van der Waals surface area contributed by atoms with E-state index in [9.17, 15) is 22.8 Å². The summed E-state index contributed by atoms with van der Waals surface area (Å²) in [5.41, 5.74) is 0. The van der Waals surface area contributed by atoms with Crippen molar-refractivity contribution in [1.82, 2.24) is 14.9 Å². The van der Waals surface area contributed by atoms with Crippen LogP contribution in [0.4, 0.5) is 4.79 Å². The molecule has 0 saturated carbocycles. The molecule has 1 saturated heterocycles. The number of hydrogen-bond donors (Lipinski definition) is 2. The van der Waals surface area contributed by atoms with Crippen LogP contribution in [-0.4, -0.2) is 57.5 Å². The second kappa shape index (κ2) is 7.88. The smallest absolute Gasteiger partial charge is 0.324 e. The van der Waals surface area contributed by atoms with Gasteiger partial charge in [-0.05, 0) is 12.1 Å². The number of amides is 3. The van der Waals surface area contributed by atoms with Gasteiger partial charge in [-0.1, -0.05) is 18.2 Å². The SMILES string of the molecule is O=C(CCNS(=O)(=O)c1ccccc1)OCC(=O)N1CCNC1=O. The Hall–Kier alpha value is -2.46. The Bertz CT molecular complexity index is 719. The van der Waals surface area contributed by atoms with E-state index in [0.29, 0.717) is 6.54 Å². The first-order chi connectivity index (χ1) is 11.4. The summed E-state index contributed by atoms with van der Waals surface area (Å²) in [4.78, 5) is 35.5. The molecule has 1 heterocycles. The van der Waals surface area contributed by atoms with Crippen LogP contribution in [0.2, 0.25) is 0 Å². The first kappa shape index (κ1) is 17.9. The molecule has 0 atom stereocenters. The largest absolute Gasteiger partial charge is 0.456 e. The second-order valence-corrected chi connectivity index (χ2v) is 6.67. The number of ether oxygens (including phenoxy) is 1. The summed E-state index contributed by atoms with van der Waals surface area (Å²) in [5, 5.41) is 2.45. The summed E-state index contributed by atoms with van der Waals surface area (Å²) in [5.74, 6) is -1.36. The van der Waals surface area contributed by atoms with E-state index in [1.54, 1.807) is 18.2 Å². The highest BCUT2D eigenvalue weighted by Crippen LogP contribution is 2.06. The number of urea groups is 1. The van der Waals surface area contributed by atoms with Gasteiger partial charge in [0.2, 0.25) is 10.0 Å². The summed E-state index contributed by atoms with van der Waals surface area (Å²) in [6.45, 7) is -0.127. The standard InChI is InChI=1S/C14H17N3O6S/c18-12(17-9-8-15-14(17)20)10-23-13(19)6-7-16-24(21,22)11-4-2-1-3-5-11/h1-5,16H,6-10H2,(H,15,20). The topological polar surface area (TPSA) is 122 Å². The third-order valence-electron chi connectivity index (χ3n) is 3.19. The molecule has 130 valence electrons. The summed E-state index contributed by atoms with van der Waals surface area (Å²) in [7, 11) is -3.69. The maximum absolute atomic E-state index is 11.9.